The van der Waals surface area contributed by atoms with E-state index >= 15 is 0 Å². The van der Waals surface area contributed by atoms with Crippen molar-refractivity contribution in [2.45, 2.75) is 51.2 Å². The molecule has 2 N–H and O–H groups in total. The van der Waals surface area contributed by atoms with Gasteiger partial charge in [-0.15, -0.1) is 0 Å². The molecule has 2 aromatic rings. The molecule has 5 heteroatoms. The largest absolute Gasteiger partial charge is 0.399 e. The Hall–Kier alpha value is -1.59. The smallest absolute Gasteiger partial charge is 0.124 e. The van der Waals surface area contributed by atoms with Crippen molar-refractivity contribution in [3.05, 3.63) is 24.0 Å². The fourth-order valence-electron chi connectivity index (χ4n) is 5.37. The maximum absolute atomic E-state index is 5.93. The number of nitrogen functional groups attached to an aromatic ring is 1. The molecule has 5 nitrogen and oxygen atoms in total. The van der Waals surface area contributed by atoms with Crippen LogP contribution >= 0.6 is 0 Å². The molecule has 0 bridgehead atoms. The Morgan fingerprint density at radius 2 is 1.96 bits per heavy atom. The molecule has 1 aromatic heterocycles. The minimum Gasteiger partial charge on any atom is -0.399 e. The number of nitrogens with zero attached hydrogens (tertiary/aromatic N) is 4. The molecule has 2 fully saturated rings. The van der Waals surface area contributed by atoms with Crippen LogP contribution < -0.4 is 5.73 Å². The fourth-order valence-corrected chi connectivity index (χ4v) is 5.37. The SMILES string of the molecule is Nc1ccc2c(c1)nc1n2CCN(CC2CCCN3CCCCC23)C1. The number of fused-ring (bicyclic) bond motifs is 4. The van der Waals surface area contributed by atoms with Crippen molar-refractivity contribution < 1.29 is 0 Å². The molecule has 0 amide bonds. The number of hydrogen-bond acceptors (Lipinski definition) is 4. The second-order valence-electron chi connectivity index (χ2n) is 8.16. The van der Waals surface area contributed by atoms with E-state index in [2.05, 4.69) is 20.4 Å². The Kier molecular flexibility index (Phi) is 3.94. The first-order chi connectivity index (χ1) is 12.3. The van der Waals surface area contributed by atoms with E-state index in [0.29, 0.717) is 0 Å². The molecule has 0 radical (unpaired) electrons. The summed E-state index contributed by atoms with van der Waals surface area (Å²) in [4.78, 5) is 10.3. The lowest BCUT2D eigenvalue weighted by molar-refractivity contribution is 0.0353. The summed E-state index contributed by atoms with van der Waals surface area (Å²) in [5.74, 6) is 2.06. The third-order valence-corrected chi connectivity index (χ3v) is 6.58. The molecule has 3 aliphatic rings. The number of benzene rings is 1. The maximum Gasteiger partial charge on any atom is 0.124 e. The van der Waals surface area contributed by atoms with Gasteiger partial charge in [0.1, 0.15) is 5.82 Å². The van der Waals surface area contributed by atoms with E-state index in [9.17, 15) is 0 Å². The van der Waals surface area contributed by atoms with Gasteiger partial charge in [0.2, 0.25) is 0 Å². The first kappa shape index (κ1) is 15.6. The van der Waals surface area contributed by atoms with E-state index in [0.717, 1.165) is 42.8 Å². The predicted molar refractivity (Wildman–Crippen MR) is 101 cm³/mol. The lowest BCUT2D eigenvalue weighted by atomic mass is 9.83. The average molecular weight is 339 g/mol. The number of aromatic nitrogens is 2. The van der Waals surface area contributed by atoms with Gasteiger partial charge in [0.05, 0.1) is 17.6 Å². The van der Waals surface area contributed by atoms with E-state index in [1.165, 1.54) is 63.1 Å². The molecule has 2 atom stereocenters. The number of nitrogens with two attached hydrogens (primary N) is 1. The molecule has 3 aliphatic heterocycles. The summed E-state index contributed by atoms with van der Waals surface area (Å²) in [6.45, 7) is 7.09. The zero-order chi connectivity index (χ0) is 16.8. The molecule has 0 aliphatic carbocycles. The van der Waals surface area contributed by atoms with E-state index in [4.69, 9.17) is 10.7 Å². The summed E-state index contributed by atoms with van der Waals surface area (Å²) >= 11 is 0. The van der Waals surface area contributed by atoms with Crippen LogP contribution in [0.3, 0.4) is 0 Å². The first-order valence-electron chi connectivity index (χ1n) is 9.99. The Morgan fingerprint density at radius 1 is 1.04 bits per heavy atom. The molecular formula is C20H29N5. The third-order valence-electron chi connectivity index (χ3n) is 6.58. The van der Waals surface area contributed by atoms with Crippen LogP contribution in [0.5, 0.6) is 0 Å². The van der Waals surface area contributed by atoms with Gasteiger partial charge in [0.15, 0.2) is 0 Å². The zero-order valence-corrected chi connectivity index (χ0v) is 15.0. The molecular weight excluding hydrogens is 310 g/mol. The summed E-state index contributed by atoms with van der Waals surface area (Å²) in [5.41, 5.74) is 9.02. The summed E-state index contributed by atoms with van der Waals surface area (Å²) in [5, 5.41) is 0. The highest BCUT2D eigenvalue weighted by Gasteiger charge is 2.34. The topological polar surface area (TPSA) is 50.3 Å². The molecule has 5 rings (SSSR count). The van der Waals surface area contributed by atoms with Crippen molar-refractivity contribution in [1.82, 2.24) is 19.4 Å². The van der Waals surface area contributed by atoms with Crippen LogP contribution in [0.15, 0.2) is 18.2 Å². The summed E-state index contributed by atoms with van der Waals surface area (Å²) in [6.07, 6.45) is 7.03. The lowest BCUT2D eigenvalue weighted by Gasteiger charge is -2.46. The van der Waals surface area contributed by atoms with Crippen LogP contribution in [0.4, 0.5) is 5.69 Å². The van der Waals surface area contributed by atoms with E-state index < -0.39 is 0 Å². The van der Waals surface area contributed by atoms with Gasteiger partial charge in [0.25, 0.3) is 0 Å². The van der Waals surface area contributed by atoms with Crippen molar-refractivity contribution in [1.29, 1.82) is 0 Å². The monoisotopic (exact) mass is 339 g/mol. The minimum atomic E-state index is 0.805. The number of anilines is 1. The summed E-state index contributed by atoms with van der Waals surface area (Å²) < 4.78 is 2.39. The molecule has 2 saturated heterocycles. The fraction of sp³-hybridized carbons (Fsp3) is 0.650. The van der Waals surface area contributed by atoms with Crippen molar-refractivity contribution in [3.8, 4) is 0 Å². The molecule has 2 unspecified atom stereocenters. The number of hydrogen-bond donors (Lipinski definition) is 1. The highest BCUT2D eigenvalue weighted by molar-refractivity contribution is 5.79. The molecule has 134 valence electrons. The van der Waals surface area contributed by atoms with Gasteiger partial charge in [-0.3, -0.25) is 4.90 Å². The van der Waals surface area contributed by atoms with Gasteiger partial charge in [0, 0.05) is 31.4 Å². The Balaban J connectivity index is 1.32. The highest BCUT2D eigenvalue weighted by atomic mass is 15.3. The number of piperidine rings is 2. The maximum atomic E-state index is 5.93. The third kappa shape index (κ3) is 2.83. The van der Waals surface area contributed by atoms with E-state index in [1.54, 1.807) is 0 Å². The Morgan fingerprint density at radius 3 is 2.92 bits per heavy atom. The highest BCUT2D eigenvalue weighted by Crippen LogP contribution is 2.32. The van der Waals surface area contributed by atoms with Crippen LogP contribution in [0.2, 0.25) is 0 Å². The van der Waals surface area contributed by atoms with Gasteiger partial charge >= 0.3 is 0 Å². The van der Waals surface area contributed by atoms with Crippen LogP contribution in [-0.2, 0) is 13.1 Å². The number of rotatable bonds is 2. The van der Waals surface area contributed by atoms with Crippen molar-refractivity contribution in [2.24, 2.45) is 5.92 Å². The van der Waals surface area contributed by atoms with Crippen LogP contribution in [-0.4, -0.2) is 51.6 Å². The van der Waals surface area contributed by atoms with Crippen molar-refractivity contribution in [3.63, 3.8) is 0 Å². The molecule has 25 heavy (non-hydrogen) atoms. The Labute approximate surface area is 149 Å². The van der Waals surface area contributed by atoms with E-state index in [1.807, 2.05) is 12.1 Å². The van der Waals surface area contributed by atoms with Crippen LogP contribution in [0.1, 0.15) is 37.9 Å². The van der Waals surface area contributed by atoms with Crippen LogP contribution in [0, 0.1) is 5.92 Å². The van der Waals surface area contributed by atoms with Crippen LogP contribution in [0.25, 0.3) is 11.0 Å². The Bertz CT molecular complexity index is 765. The minimum absolute atomic E-state index is 0.805. The van der Waals surface area contributed by atoms with Gasteiger partial charge in [-0.05, 0) is 62.9 Å². The standard InChI is InChI=1S/C20H29N5/c21-16-6-7-19-17(12-16)22-20-14-23(10-11-25(19)20)13-15-4-3-9-24-8-2-1-5-18(15)24/h6-7,12,15,18H,1-5,8-11,13-14,21H2. The van der Waals surface area contributed by atoms with E-state index in [-0.39, 0.29) is 0 Å². The first-order valence-corrected chi connectivity index (χ1v) is 9.99. The lowest BCUT2D eigenvalue weighted by Crippen LogP contribution is -2.51. The summed E-state index contributed by atoms with van der Waals surface area (Å²) in [7, 11) is 0. The quantitative estimate of drug-likeness (QED) is 0.855. The second-order valence-corrected chi connectivity index (χ2v) is 8.16. The van der Waals surface area contributed by atoms with Crippen molar-refractivity contribution in [2.75, 3.05) is 31.9 Å². The second kappa shape index (κ2) is 6.29. The average Bonchev–Trinajstić information content (AvgIpc) is 2.98. The predicted octanol–water partition coefficient (Wildman–Crippen LogP) is 2.70. The summed E-state index contributed by atoms with van der Waals surface area (Å²) in [6, 6.07) is 6.95. The van der Waals surface area contributed by atoms with Gasteiger partial charge in [-0.25, -0.2) is 4.98 Å². The van der Waals surface area contributed by atoms with Crippen molar-refractivity contribution >= 4 is 16.7 Å². The van der Waals surface area contributed by atoms with Gasteiger partial charge < -0.3 is 15.2 Å². The molecule has 0 saturated carbocycles. The normalized spacial score (nSPS) is 28.0. The van der Waals surface area contributed by atoms with Gasteiger partial charge in [-0.2, -0.15) is 0 Å². The number of imidazole rings is 1. The molecule has 4 heterocycles. The molecule has 1 aromatic carbocycles. The molecule has 0 spiro atoms. The zero-order valence-electron chi connectivity index (χ0n) is 15.0. The van der Waals surface area contributed by atoms with Gasteiger partial charge in [-0.1, -0.05) is 6.42 Å².